The first-order valence-corrected chi connectivity index (χ1v) is 3.12. The van der Waals surface area contributed by atoms with Gasteiger partial charge in [0.1, 0.15) is 0 Å². The molecule has 0 saturated carbocycles. The SMILES string of the molecule is NCc1cccc(CO)n1. The monoisotopic (exact) mass is 138 g/mol. The Morgan fingerprint density at radius 3 is 2.70 bits per heavy atom. The third-order valence-corrected chi connectivity index (χ3v) is 1.24. The van der Waals surface area contributed by atoms with Gasteiger partial charge in [0.25, 0.3) is 0 Å². The van der Waals surface area contributed by atoms with E-state index >= 15 is 0 Å². The maximum atomic E-state index is 8.65. The smallest absolute Gasteiger partial charge is 0.0853 e. The van der Waals surface area contributed by atoms with Gasteiger partial charge >= 0.3 is 0 Å². The van der Waals surface area contributed by atoms with Crippen molar-refractivity contribution in [2.45, 2.75) is 13.2 Å². The van der Waals surface area contributed by atoms with E-state index in [2.05, 4.69) is 4.98 Å². The molecule has 1 aromatic heterocycles. The van der Waals surface area contributed by atoms with Gasteiger partial charge in [-0.15, -0.1) is 0 Å². The van der Waals surface area contributed by atoms with Crippen LogP contribution in [-0.2, 0) is 13.2 Å². The summed E-state index contributed by atoms with van der Waals surface area (Å²) in [7, 11) is 0. The van der Waals surface area contributed by atoms with Gasteiger partial charge in [-0.3, -0.25) is 4.98 Å². The lowest BCUT2D eigenvalue weighted by Gasteiger charge is -1.97. The second-order valence-corrected chi connectivity index (χ2v) is 1.98. The zero-order chi connectivity index (χ0) is 7.40. The summed E-state index contributed by atoms with van der Waals surface area (Å²) < 4.78 is 0. The highest BCUT2D eigenvalue weighted by Crippen LogP contribution is 1.97. The summed E-state index contributed by atoms with van der Waals surface area (Å²) in [5, 5.41) is 8.65. The molecule has 1 rings (SSSR count). The van der Waals surface area contributed by atoms with Crippen LogP contribution >= 0.6 is 0 Å². The molecular formula is C7H10N2O. The molecule has 0 aliphatic heterocycles. The van der Waals surface area contributed by atoms with E-state index in [1.807, 2.05) is 12.1 Å². The molecule has 1 heterocycles. The number of hydrogen-bond acceptors (Lipinski definition) is 3. The highest BCUT2D eigenvalue weighted by molar-refractivity contribution is 5.09. The summed E-state index contributed by atoms with van der Waals surface area (Å²) in [6, 6.07) is 5.43. The fourth-order valence-electron chi connectivity index (χ4n) is 0.731. The fraction of sp³-hybridized carbons (Fsp3) is 0.286. The minimum Gasteiger partial charge on any atom is -0.390 e. The van der Waals surface area contributed by atoms with Crippen molar-refractivity contribution in [2.75, 3.05) is 0 Å². The zero-order valence-corrected chi connectivity index (χ0v) is 5.62. The van der Waals surface area contributed by atoms with Gasteiger partial charge in [0.05, 0.1) is 18.0 Å². The third-order valence-electron chi connectivity index (χ3n) is 1.24. The Morgan fingerprint density at radius 2 is 2.10 bits per heavy atom. The average Bonchev–Trinajstić information content (AvgIpc) is 2.05. The number of rotatable bonds is 2. The van der Waals surface area contributed by atoms with E-state index in [-0.39, 0.29) is 6.61 Å². The lowest BCUT2D eigenvalue weighted by molar-refractivity contribution is 0.276. The van der Waals surface area contributed by atoms with Gasteiger partial charge in [-0.2, -0.15) is 0 Å². The molecule has 0 saturated heterocycles. The van der Waals surface area contributed by atoms with Crippen molar-refractivity contribution in [3.8, 4) is 0 Å². The molecule has 0 atom stereocenters. The minimum absolute atomic E-state index is 0.0200. The van der Waals surface area contributed by atoms with E-state index in [4.69, 9.17) is 10.8 Å². The molecule has 0 fully saturated rings. The van der Waals surface area contributed by atoms with Gasteiger partial charge in [-0.25, -0.2) is 0 Å². The molecule has 0 aliphatic rings. The van der Waals surface area contributed by atoms with Gasteiger partial charge in [0.2, 0.25) is 0 Å². The van der Waals surface area contributed by atoms with Crippen LogP contribution in [0.25, 0.3) is 0 Å². The van der Waals surface area contributed by atoms with Gasteiger partial charge < -0.3 is 10.8 Å². The molecule has 0 spiro atoms. The van der Waals surface area contributed by atoms with Crippen molar-refractivity contribution in [2.24, 2.45) is 5.73 Å². The first kappa shape index (κ1) is 7.18. The molecule has 10 heavy (non-hydrogen) atoms. The number of nitrogens with two attached hydrogens (primary N) is 1. The number of aliphatic hydroxyl groups excluding tert-OH is 1. The quantitative estimate of drug-likeness (QED) is 0.606. The topological polar surface area (TPSA) is 59.1 Å². The van der Waals surface area contributed by atoms with Crippen molar-refractivity contribution in [3.05, 3.63) is 29.6 Å². The Kier molecular flexibility index (Phi) is 2.36. The van der Waals surface area contributed by atoms with E-state index in [0.717, 1.165) is 5.69 Å². The molecule has 3 heteroatoms. The number of aliphatic hydroxyl groups is 1. The lowest BCUT2D eigenvalue weighted by Crippen LogP contribution is -2.01. The number of aromatic nitrogens is 1. The van der Waals surface area contributed by atoms with Crippen molar-refractivity contribution in [1.82, 2.24) is 4.98 Å². The highest BCUT2D eigenvalue weighted by Gasteiger charge is 1.92. The lowest BCUT2D eigenvalue weighted by atomic mass is 10.3. The molecule has 3 nitrogen and oxygen atoms in total. The maximum Gasteiger partial charge on any atom is 0.0853 e. The van der Waals surface area contributed by atoms with Crippen LogP contribution in [0.5, 0.6) is 0 Å². The number of hydrogen-bond donors (Lipinski definition) is 2. The molecule has 54 valence electrons. The van der Waals surface area contributed by atoms with Gasteiger partial charge in [-0.1, -0.05) is 6.07 Å². The molecule has 0 bridgehead atoms. The Morgan fingerprint density at radius 1 is 1.40 bits per heavy atom. The van der Waals surface area contributed by atoms with Crippen molar-refractivity contribution in [1.29, 1.82) is 0 Å². The average molecular weight is 138 g/mol. The first-order chi connectivity index (χ1) is 4.86. The van der Waals surface area contributed by atoms with Crippen LogP contribution in [-0.4, -0.2) is 10.1 Å². The summed E-state index contributed by atoms with van der Waals surface area (Å²) in [6.45, 7) is 0.404. The van der Waals surface area contributed by atoms with Gasteiger partial charge in [0, 0.05) is 6.54 Å². The first-order valence-electron chi connectivity index (χ1n) is 3.12. The number of nitrogens with zero attached hydrogens (tertiary/aromatic N) is 1. The molecular weight excluding hydrogens is 128 g/mol. The van der Waals surface area contributed by atoms with E-state index < -0.39 is 0 Å². The van der Waals surface area contributed by atoms with Crippen LogP contribution in [0.3, 0.4) is 0 Å². The maximum absolute atomic E-state index is 8.65. The molecule has 0 amide bonds. The zero-order valence-electron chi connectivity index (χ0n) is 5.62. The summed E-state index contributed by atoms with van der Waals surface area (Å²) in [5.74, 6) is 0. The standard InChI is InChI=1S/C7H10N2O/c8-4-6-2-1-3-7(5-10)9-6/h1-3,10H,4-5,8H2. The van der Waals surface area contributed by atoms with Crippen LogP contribution in [0.15, 0.2) is 18.2 Å². The van der Waals surface area contributed by atoms with Gasteiger partial charge in [-0.05, 0) is 12.1 Å². The van der Waals surface area contributed by atoms with Crippen LogP contribution in [0.1, 0.15) is 11.4 Å². The molecule has 3 N–H and O–H groups in total. The summed E-state index contributed by atoms with van der Waals surface area (Å²) in [4.78, 5) is 4.03. The van der Waals surface area contributed by atoms with E-state index in [1.165, 1.54) is 0 Å². The summed E-state index contributed by atoms with van der Waals surface area (Å²) in [6.07, 6.45) is 0. The van der Waals surface area contributed by atoms with Crippen LogP contribution in [0, 0.1) is 0 Å². The normalized spacial score (nSPS) is 9.80. The second-order valence-electron chi connectivity index (χ2n) is 1.98. The van der Waals surface area contributed by atoms with Crippen molar-refractivity contribution in [3.63, 3.8) is 0 Å². The number of pyridine rings is 1. The summed E-state index contributed by atoms with van der Waals surface area (Å²) >= 11 is 0. The van der Waals surface area contributed by atoms with Crippen molar-refractivity contribution < 1.29 is 5.11 Å². The third kappa shape index (κ3) is 1.52. The predicted octanol–water partition coefficient (Wildman–Crippen LogP) is 0.0326. The predicted molar refractivity (Wildman–Crippen MR) is 38.1 cm³/mol. The van der Waals surface area contributed by atoms with E-state index in [0.29, 0.717) is 12.2 Å². The van der Waals surface area contributed by atoms with Gasteiger partial charge in [0.15, 0.2) is 0 Å². The molecule has 1 aromatic rings. The molecule has 0 aliphatic carbocycles. The van der Waals surface area contributed by atoms with E-state index in [1.54, 1.807) is 6.07 Å². The largest absolute Gasteiger partial charge is 0.390 e. The van der Waals surface area contributed by atoms with Crippen LogP contribution in [0.2, 0.25) is 0 Å². The second kappa shape index (κ2) is 3.29. The molecule has 0 unspecified atom stereocenters. The van der Waals surface area contributed by atoms with Crippen LogP contribution < -0.4 is 5.73 Å². The van der Waals surface area contributed by atoms with Crippen LogP contribution in [0.4, 0.5) is 0 Å². The minimum atomic E-state index is -0.0200. The van der Waals surface area contributed by atoms with E-state index in [9.17, 15) is 0 Å². The Hall–Kier alpha value is -0.930. The summed E-state index contributed by atoms with van der Waals surface area (Å²) in [5.41, 5.74) is 6.81. The molecule has 0 aromatic carbocycles. The molecule has 0 radical (unpaired) electrons. The van der Waals surface area contributed by atoms with Crippen molar-refractivity contribution >= 4 is 0 Å². The highest BCUT2D eigenvalue weighted by atomic mass is 16.3. The Bertz CT molecular complexity index is 193. The Labute approximate surface area is 59.5 Å². The fourth-order valence-corrected chi connectivity index (χ4v) is 0.731. The Balaban J connectivity index is 2.87.